The van der Waals surface area contributed by atoms with Gasteiger partial charge in [0, 0.05) is 32.2 Å². The molecular weight excluding hydrogens is 400 g/mol. The van der Waals surface area contributed by atoms with Crippen molar-refractivity contribution in [3.05, 3.63) is 51.2 Å². The van der Waals surface area contributed by atoms with Crippen LogP contribution in [0.15, 0.2) is 41.6 Å². The van der Waals surface area contributed by atoms with Crippen LogP contribution in [0.4, 0.5) is 10.5 Å². The van der Waals surface area contributed by atoms with Crippen LogP contribution in [0.1, 0.15) is 21.7 Å². The minimum atomic E-state index is -0.206. The molecule has 4 rings (SSSR count). The zero-order valence-corrected chi connectivity index (χ0v) is 16.8. The van der Waals surface area contributed by atoms with Crippen LogP contribution in [-0.4, -0.2) is 55.3 Å². The highest BCUT2D eigenvalue weighted by Crippen LogP contribution is 2.23. The van der Waals surface area contributed by atoms with E-state index >= 15 is 0 Å². The Labute approximate surface area is 171 Å². The molecule has 0 radical (unpaired) electrons. The quantitative estimate of drug-likeness (QED) is 0.810. The van der Waals surface area contributed by atoms with Crippen LogP contribution >= 0.6 is 22.9 Å². The van der Waals surface area contributed by atoms with Gasteiger partial charge < -0.3 is 15.1 Å². The molecule has 2 aliphatic rings. The van der Waals surface area contributed by atoms with Crippen LogP contribution in [0.2, 0.25) is 4.34 Å². The molecule has 1 N–H and O–H groups in total. The van der Waals surface area contributed by atoms with Crippen molar-refractivity contribution in [1.29, 1.82) is 0 Å². The molecule has 146 valence electrons. The van der Waals surface area contributed by atoms with Gasteiger partial charge in [0.2, 0.25) is 0 Å². The van der Waals surface area contributed by atoms with Crippen molar-refractivity contribution >= 4 is 46.3 Å². The molecular formula is C19H19ClN4O3S. The number of likely N-dealkylation sites (N-methyl/N-ethyl adjacent to an activating group) is 1. The largest absolute Gasteiger partial charge is 0.390 e. The number of rotatable bonds is 5. The number of nitrogens with zero attached hydrogens (tertiary/aromatic N) is 3. The smallest absolute Gasteiger partial charge is 0.324 e. The number of carbonyl (C=O) groups excluding carboxylic acids is 2. The SMILES string of the molecule is CN1CCN(c2ccc(C3=NOC(CNC(=O)c4ccc(Cl)s4)C3)cc2)C1=O. The van der Waals surface area contributed by atoms with E-state index in [4.69, 9.17) is 16.4 Å². The molecule has 0 bridgehead atoms. The predicted molar refractivity (Wildman–Crippen MR) is 110 cm³/mol. The molecule has 1 fully saturated rings. The fourth-order valence-corrected chi connectivity index (χ4v) is 4.12. The zero-order valence-electron chi connectivity index (χ0n) is 15.2. The summed E-state index contributed by atoms with van der Waals surface area (Å²) in [5.41, 5.74) is 2.65. The fraction of sp³-hybridized carbons (Fsp3) is 0.316. The molecule has 1 aromatic heterocycles. The molecule has 2 aliphatic heterocycles. The Balaban J connectivity index is 1.31. The second-order valence-electron chi connectivity index (χ2n) is 6.69. The minimum absolute atomic E-state index is 0.0112. The number of halogens is 1. The van der Waals surface area contributed by atoms with Crippen LogP contribution in [0, 0.1) is 0 Å². The van der Waals surface area contributed by atoms with E-state index in [2.05, 4.69) is 10.5 Å². The van der Waals surface area contributed by atoms with Crippen LogP contribution in [-0.2, 0) is 4.84 Å². The lowest BCUT2D eigenvalue weighted by Gasteiger charge is -2.16. The Morgan fingerprint density at radius 2 is 2.07 bits per heavy atom. The van der Waals surface area contributed by atoms with Crippen molar-refractivity contribution in [2.24, 2.45) is 5.16 Å². The fourth-order valence-electron chi connectivity index (χ4n) is 3.16. The van der Waals surface area contributed by atoms with Crippen LogP contribution in [0.25, 0.3) is 0 Å². The molecule has 1 atom stereocenters. The van der Waals surface area contributed by atoms with Gasteiger partial charge in [-0.05, 0) is 29.8 Å². The third kappa shape index (κ3) is 3.83. The highest BCUT2D eigenvalue weighted by atomic mass is 35.5. The van der Waals surface area contributed by atoms with Crippen molar-refractivity contribution in [2.45, 2.75) is 12.5 Å². The summed E-state index contributed by atoms with van der Waals surface area (Å²) in [6.45, 7) is 1.79. The summed E-state index contributed by atoms with van der Waals surface area (Å²) in [5.74, 6) is -0.168. The molecule has 1 unspecified atom stereocenters. The third-order valence-electron chi connectivity index (χ3n) is 4.75. The highest BCUT2D eigenvalue weighted by molar-refractivity contribution is 7.18. The lowest BCUT2D eigenvalue weighted by molar-refractivity contribution is 0.0755. The predicted octanol–water partition coefficient (Wildman–Crippen LogP) is 3.20. The highest BCUT2D eigenvalue weighted by Gasteiger charge is 2.27. The monoisotopic (exact) mass is 418 g/mol. The van der Waals surface area contributed by atoms with Gasteiger partial charge in [-0.25, -0.2) is 4.79 Å². The molecule has 3 heterocycles. The summed E-state index contributed by atoms with van der Waals surface area (Å²) < 4.78 is 0.582. The van der Waals surface area contributed by atoms with Crippen molar-refractivity contribution in [3.8, 4) is 0 Å². The number of carbonyl (C=O) groups is 2. The molecule has 9 heteroatoms. The first kappa shape index (κ1) is 18.8. The Hall–Kier alpha value is -2.58. The van der Waals surface area contributed by atoms with E-state index in [1.807, 2.05) is 24.3 Å². The van der Waals surface area contributed by atoms with E-state index in [1.54, 1.807) is 29.0 Å². The molecule has 1 saturated heterocycles. The van der Waals surface area contributed by atoms with E-state index in [-0.39, 0.29) is 18.0 Å². The first-order chi connectivity index (χ1) is 13.5. The molecule has 2 aromatic rings. The van der Waals surface area contributed by atoms with Crippen LogP contribution in [0.5, 0.6) is 0 Å². The topological polar surface area (TPSA) is 74.2 Å². The van der Waals surface area contributed by atoms with Crippen LogP contribution < -0.4 is 10.2 Å². The van der Waals surface area contributed by atoms with Crippen molar-refractivity contribution in [3.63, 3.8) is 0 Å². The molecule has 0 aliphatic carbocycles. The Kier molecular flexibility index (Phi) is 5.23. The second-order valence-corrected chi connectivity index (χ2v) is 8.40. The summed E-state index contributed by atoms with van der Waals surface area (Å²) in [5, 5.41) is 7.00. The van der Waals surface area contributed by atoms with Gasteiger partial charge in [0.05, 0.1) is 21.5 Å². The van der Waals surface area contributed by atoms with Gasteiger partial charge in [0.25, 0.3) is 5.91 Å². The maximum absolute atomic E-state index is 12.1. The minimum Gasteiger partial charge on any atom is -0.390 e. The van der Waals surface area contributed by atoms with Gasteiger partial charge in [-0.3, -0.25) is 9.69 Å². The summed E-state index contributed by atoms with van der Waals surface area (Å²) >= 11 is 7.10. The second kappa shape index (κ2) is 7.81. The van der Waals surface area contributed by atoms with Crippen molar-refractivity contribution in [1.82, 2.24) is 10.2 Å². The molecule has 1 aromatic carbocycles. The first-order valence-electron chi connectivity index (χ1n) is 8.90. The van der Waals surface area contributed by atoms with E-state index in [9.17, 15) is 9.59 Å². The number of nitrogens with one attached hydrogen (secondary N) is 1. The van der Waals surface area contributed by atoms with Gasteiger partial charge in [-0.2, -0.15) is 0 Å². The average molecular weight is 419 g/mol. The van der Waals surface area contributed by atoms with Gasteiger partial charge in [-0.1, -0.05) is 28.9 Å². The number of anilines is 1. The number of oxime groups is 1. The van der Waals surface area contributed by atoms with Gasteiger partial charge in [-0.15, -0.1) is 11.3 Å². The number of hydrogen-bond acceptors (Lipinski definition) is 5. The summed E-state index contributed by atoms with van der Waals surface area (Å²) in [6.07, 6.45) is 0.402. The Bertz CT molecular complexity index is 928. The lowest BCUT2D eigenvalue weighted by Crippen LogP contribution is -2.31. The van der Waals surface area contributed by atoms with Crippen LogP contribution in [0.3, 0.4) is 0 Å². The van der Waals surface area contributed by atoms with E-state index < -0.39 is 0 Å². The van der Waals surface area contributed by atoms with Gasteiger partial charge in [0.15, 0.2) is 0 Å². The van der Waals surface area contributed by atoms with Gasteiger partial charge in [0.1, 0.15) is 6.10 Å². The molecule has 3 amide bonds. The standard InChI is InChI=1S/C19H19ClN4O3S/c1-23-8-9-24(19(23)26)13-4-2-12(3-5-13)15-10-14(27-22-15)11-21-18(25)16-6-7-17(20)28-16/h2-7,14H,8-11H2,1H3,(H,21,25). The summed E-state index contributed by atoms with van der Waals surface area (Å²) in [6, 6.07) is 11.1. The maximum Gasteiger partial charge on any atom is 0.324 e. The molecule has 0 saturated carbocycles. The van der Waals surface area contributed by atoms with Gasteiger partial charge >= 0.3 is 6.03 Å². The number of hydrogen-bond donors (Lipinski definition) is 1. The van der Waals surface area contributed by atoms with E-state index in [1.165, 1.54) is 11.3 Å². The normalized spacial score (nSPS) is 19.0. The Morgan fingerprint density at radius 1 is 1.29 bits per heavy atom. The van der Waals surface area contributed by atoms with Crippen molar-refractivity contribution in [2.75, 3.05) is 31.6 Å². The molecule has 7 nitrogen and oxygen atoms in total. The first-order valence-corrected chi connectivity index (χ1v) is 10.1. The average Bonchev–Trinajstić information content (AvgIpc) is 3.42. The van der Waals surface area contributed by atoms with E-state index in [0.717, 1.165) is 23.5 Å². The number of thiophene rings is 1. The summed E-state index contributed by atoms with van der Waals surface area (Å²) in [4.78, 5) is 33.7. The summed E-state index contributed by atoms with van der Waals surface area (Å²) in [7, 11) is 1.80. The Morgan fingerprint density at radius 3 is 2.71 bits per heavy atom. The van der Waals surface area contributed by atoms with Crippen molar-refractivity contribution < 1.29 is 14.4 Å². The number of urea groups is 1. The number of benzene rings is 1. The zero-order chi connectivity index (χ0) is 19.7. The lowest BCUT2D eigenvalue weighted by atomic mass is 10.0. The third-order valence-corrected chi connectivity index (χ3v) is 5.98. The molecule has 0 spiro atoms. The maximum atomic E-state index is 12.1. The number of amides is 3. The van der Waals surface area contributed by atoms with E-state index in [0.29, 0.717) is 28.7 Å². The molecule has 28 heavy (non-hydrogen) atoms.